The Morgan fingerprint density at radius 2 is 1.67 bits per heavy atom. The Hall–Kier alpha value is -1.95. The molecule has 2 aromatic heterocycles. The molecule has 0 unspecified atom stereocenters. The molecule has 2 aromatic rings. The SMILES string of the molecule is CC.CCC(=O)n1cccc1.CCC(=S)n1ccnc1.CN=C=S. The van der Waals surface area contributed by atoms with E-state index in [0.29, 0.717) is 6.42 Å². The highest BCUT2D eigenvalue weighted by atomic mass is 32.1. The van der Waals surface area contributed by atoms with Crippen molar-refractivity contribution in [3.63, 3.8) is 0 Å². The third kappa shape index (κ3) is 11.6. The second-order valence-electron chi connectivity index (χ2n) is 3.87. The number of imidazole rings is 1. The summed E-state index contributed by atoms with van der Waals surface area (Å²) in [5.41, 5.74) is 0. The van der Waals surface area contributed by atoms with Crippen LogP contribution >= 0.6 is 24.4 Å². The second kappa shape index (κ2) is 17.4. The van der Waals surface area contributed by atoms with Crippen LogP contribution in [-0.2, 0) is 0 Å². The van der Waals surface area contributed by atoms with Gasteiger partial charge < -0.3 is 4.57 Å². The van der Waals surface area contributed by atoms with Crippen molar-refractivity contribution in [1.29, 1.82) is 0 Å². The van der Waals surface area contributed by atoms with E-state index >= 15 is 0 Å². The molecule has 0 N–H and O–H groups in total. The van der Waals surface area contributed by atoms with Crippen molar-refractivity contribution < 1.29 is 4.79 Å². The van der Waals surface area contributed by atoms with Gasteiger partial charge in [0.1, 0.15) is 0 Å². The minimum Gasteiger partial charge on any atom is -0.300 e. The molecule has 0 bridgehead atoms. The van der Waals surface area contributed by atoms with E-state index in [-0.39, 0.29) is 5.91 Å². The van der Waals surface area contributed by atoms with Crippen LogP contribution in [0, 0.1) is 0 Å². The molecule has 7 heteroatoms. The molecule has 0 aliphatic heterocycles. The van der Waals surface area contributed by atoms with E-state index in [4.69, 9.17) is 12.2 Å². The molecule has 0 radical (unpaired) electrons. The van der Waals surface area contributed by atoms with E-state index in [1.165, 1.54) is 0 Å². The fourth-order valence-corrected chi connectivity index (χ4v) is 1.38. The van der Waals surface area contributed by atoms with Gasteiger partial charge in [-0.1, -0.05) is 39.9 Å². The first-order chi connectivity index (χ1) is 11.6. The largest absolute Gasteiger partial charge is 0.300 e. The average molecular weight is 367 g/mol. The van der Waals surface area contributed by atoms with Crippen LogP contribution in [0.2, 0.25) is 0 Å². The third-order valence-electron chi connectivity index (χ3n) is 2.38. The fraction of sp³-hybridized carbons (Fsp3) is 0.412. The summed E-state index contributed by atoms with van der Waals surface area (Å²) in [5.74, 6) is 0.139. The molecule has 24 heavy (non-hydrogen) atoms. The molecule has 0 aliphatic rings. The molecular weight excluding hydrogens is 340 g/mol. The molecule has 0 fully saturated rings. The standard InChI is InChI=1S/C7H9NO.C6H8N2S.C2H3NS.C2H6/c1-2-7(9)8-5-3-4-6-8;1-2-6(9)8-4-3-7-5-8;1-3-2-4;1-2/h3-6H,2H2,1H3;3-5H,2H2,1H3;1H3;1-2H3. The lowest BCUT2D eigenvalue weighted by Crippen LogP contribution is -2.04. The van der Waals surface area contributed by atoms with E-state index in [9.17, 15) is 4.79 Å². The van der Waals surface area contributed by atoms with Gasteiger partial charge in [-0.3, -0.25) is 9.36 Å². The quantitative estimate of drug-likeness (QED) is 0.568. The van der Waals surface area contributed by atoms with E-state index in [1.54, 1.807) is 36.5 Å². The van der Waals surface area contributed by atoms with Crippen LogP contribution in [0.1, 0.15) is 45.3 Å². The highest BCUT2D eigenvalue weighted by Gasteiger charge is 1.95. The lowest BCUT2D eigenvalue weighted by molar-refractivity contribution is 0.0909. The van der Waals surface area contributed by atoms with E-state index in [0.717, 1.165) is 11.4 Å². The van der Waals surface area contributed by atoms with Crippen molar-refractivity contribution >= 4 is 40.5 Å². The topological polar surface area (TPSA) is 52.2 Å². The number of aromatic nitrogens is 3. The first-order valence-corrected chi connectivity index (χ1v) is 8.55. The van der Waals surface area contributed by atoms with Gasteiger partial charge in [0.15, 0.2) is 0 Å². The zero-order valence-corrected chi connectivity index (χ0v) is 16.6. The van der Waals surface area contributed by atoms with Gasteiger partial charge in [0.2, 0.25) is 5.91 Å². The molecule has 0 saturated heterocycles. The lowest BCUT2D eigenvalue weighted by Gasteiger charge is -1.96. The van der Waals surface area contributed by atoms with Gasteiger partial charge in [-0.05, 0) is 30.8 Å². The summed E-state index contributed by atoms with van der Waals surface area (Å²) in [6.07, 6.45) is 10.3. The number of thiocarbonyl (C=S) groups is 2. The Labute approximate surface area is 155 Å². The van der Waals surface area contributed by atoms with Gasteiger partial charge in [0.05, 0.1) is 16.5 Å². The first kappa shape index (κ1) is 24.3. The normalized spacial score (nSPS) is 8.04. The highest BCUT2D eigenvalue weighted by Crippen LogP contribution is 1.92. The Balaban J connectivity index is 0. The second-order valence-corrected chi connectivity index (χ2v) is 4.52. The number of carbonyl (C=O) groups is 1. The van der Waals surface area contributed by atoms with Crippen LogP contribution in [0.15, 0.2) is 48.2 Å². The van der Waals surface area contributed by atoms with E-state index < -0.39 is 0 Å². The molecule has 0 saturated carbocycles. The summed E-state index contributed by atoms with van der Waals surface area (Å²) in [6.45, 7) is 7.88. The smallest absolute Gasteiger partial charge is 0.230 e. The van der Waals surface area contributed by atoms with Crippen molar-refractivity contribution in [2.45, 2.75) is 40.5 Å². The van der Waals surface area contributed by atoms with Crippen molar-refractivity contribution in [3.05, 3.63) is 43.2 Å². The summed E-state index contributed by atoms with van der Waals surface area (Å²) < 4.78 is 3.43. The Bertz CT molecular complexity index is 540. The number of aliphatic imine (C=N–C) groups is 1. The summed E-state index contributed by atoms with van der Waals surface area (Å²) in [5, 5.41) is 2.14. The molecule has 0 aliphatic carbocycles. The fourth-order valence-electron chi connectivity index (χ4n) is 1.27. The lowest BCUT2D eigenvalue weighted by atomic mass is 10.4. The molecule has 0 amide bonds. The molecular formula is C17H26N4OS2. The molecule has 0 atom stereocenters. The molecule has 0 aromatic carbocycles. The van der Waals surface area contributed by atoms with Gasteiger partial charge in [-0.2, -0.15) is 0 Å². The first-order valence-electron chi connectivity index (χ1n) is 7.73. The predicted molar refractivity (Wildman–Crippen MR) is 108 cm³/mol. The van der Waals surface area contributed by atoms with Crippen molar-refractivity contribution in [3.8, 4) is 0 Å². The zero-order chi connectivity index (χ0) is 18.8. The Morgan fingerprint density at radius 3 is 2.00 bits per heavy atom. The zero-order valence-electron chi connectivity index (χ0n) is 15.0. The van der Waals surface area contributed by atoms with Crippen LogP contribution in [0.5, 0.6) is 0 Å². The maximum Gasteiger partial charge on any atom is 0.230 e. The van der Waals surface area contributed by atoms with Crippen molar-refractivity contribution in [1.82, 2.24) is 14.1 Å². The number of isothiocyanates is 1. The maximum atomic E-state index is 10.8. The maximum absolute atomic E-state index is 10.8. The van der Waals surface area contributed by atoms with Crippen LogP contribution < -0.4 is 0 Å². The third-order valence-corrected chi connectivity index (χ3v) is 3.06. The average Bonchev–Trinajstić information content (AvgIpc) is 3.36. The Kier molecular flexibility index (Phi) is 17.6. The molecule has 2 heterocycles. The number of rotatable bonds is 2. The van der Waals surface area contributed by atoms with E-state index in [2.05, 4.69) is 27.4 Å². The molecule has 0 spiro atoms. The highest BCUT2D eigenvalue weighted by molar-refractivity contribution is 7.80. The summed E-state index contributed by atoms with van der Waals surface area (Å²) in [6, 6.07) is 3.68. The van der Waals surface area contributed by atoms with E-state index in [1.807, 2.05) is 50.6 Å². The summed E-state index contributed by atoms with van der Waals surface area (Å²) in [7, 11) is 1.59. The number of hydrogen-bond acceptors (Lipinski definition) is 5. The van der Waals surface area contributed by atoms with Crippen LogP contribution in [0.3, 0.4) is 0 Å². The van der Waals surface area contributed by atoms with Crippen molar-refractivity contribution in [2.24, 2.45) is 4.99 Å². The molecule has 132 valence electrons. The summed E-state index contributed by atoms with van der Waals surface area (Å²) >= 11 is 9.13. The summed E-state index contributed by atoms with van der Waals surface area (Å²) in [4.78, 5) is 18.9. The van der Waals surface area contributed by atoms with Crippen molar-refractivity contribution in [2.75, 3.05) is 7.05 Å². The number of hydrogen-bond donors (Lipinski definition) is 0. The van der Waals surface area contributed by atoms with Crippen LogP contribution in [0.4, 0.5) is 0 Å². The molecule has 2 rings (SSSR count). The van der Waals surface area contributed by atoms with Crippen LogP contribution in [0.25, 0.3) is 0 Å². The van der Waals surface area contributed by atoms with Gasteiger partial charge >= 0.3 is 0 Å². The van der Waals surface area contributed by atoms with Gasteiger partial charge in [0.25, 0.3) is 0 Å². The van der Waals surface area contributed by atoms with Gasteiger partial charge in [-0.15, -0.1) is 0 Å². The van der Waals surface area contributed by atoms with Gasteiger partial charge in [0, 0.05) is 38.3 Å². The number of carbonyl (C=O) groups excluding carboxylic acids is 1. The molecule has 5 nitrogen and oxygen atoms in total. The van der Waals surface area contributed by atoms with Gasteiger partial charge in [-0.25, -0.2) is 9.98 Å². The number of nitrogens with zero attached hydrogens (tertiary/aromatic N) is 4. The minimum absolute atomic E-state index is 0.139. The Morgan fingerprint density at radius 1 is 1.12 bits per heavy atom. The monoisotopic (exact) mass is 366 g/mol. The predicted octanol–water partition coefficient (Wildman–Crippen LogP) is 4.75. The minimum atomic E-state index is 0.139. The van der Waals surface area contributed by atoms with Crippen LogP contribution in [-0.4, -0.2) is 37.2 Å².